The second-order valence-corrected chi connectivity index (χ2v) is 8.45. The molecule has 2 amide bonds. The molecule has 7 heteroatoms. The fraction of sp³-hybridized carbons (Fsp3) is 0.375. The van der Waals surface area contributed by atoms with Crippen LogP contribution in [0.2, 0.25) is 0 Å². The van der Waals surface area contributed by atoms with Crippen LogP contribution in [0.25, 0.3) is 10.9 Å². The van der Waals surface area contributed by atoms with Crippen LogP contribution in [0.5, 0.6) is 0 Å². The number of piperazine rings is 1. The van der Waals surface area contributed by atoms with Crippen LogP contribution in [0.15, 0.2) is 42.9 Å². The molecule has 0 bridgehead atoms. The number of nitrogens with zero attached hydrogens (tertiary/aromatic N) is 5. The molecule has 0 saturated carbocycles. The predicted molar refractivity (Wildman–Crippen MR) is 117 cm³/mol. The summed E-state index contributed by atoms with van der Waals surface area (Å²) in [6, 6.07) is 7.93. The first kappa shape index (κ1) is 19.6. The highest BCUT2D eigenvalue weighted by molar-refractivity contribution is 6.08. The van der Waals surface area contributed by atoms with E-state index < -0.39 is 0 Å². The van der Waals surface area contributed by atoms with Crippen LogP contribution >= 0.6 is 0 Å². The van der Waals surface area contributed by atoms with Crippen molar-refractivity contribution < 1.29 is 9.59 Å². The number of hydrogen-bond donors (Lipinski definition) is 0. The van der Waals surface area contributed by atoms with Crippen LogP contribution in [-0.4, -0.2) is 62.7 Å². The zero-order valence-corrected chi connectivity index (χ0v) is 17.6. The number of carbonyl (C=O) groups excluding carboxylic acids is 2. The topological polar surface area (TPSA) is 79.3 Å². The smallest absolute Gasteiger partial charge is 0.274 e. The van der Waals surface area contributed by atoms with Gasteiger partial charge in [0.1, 0.15) is 5.69 Å². The Labute approximate surface area is 181 Å². The maximum Gasteiger partial charge on any atom is 0.274 e. The van der Waals surface area contributed by atoms with Gasteiger partial charge in [0.15, 0.2) is 0 Å². The minimum Gasteiger partial charge on any atom is -0.335 e. The third-order valence-corrected chi connectivity index (χ3v) is 6.36. The Morgan fingerprint density at radius 1 is 1.00 bits per heavy atom. The molecule has 1 atom stereocenters. The maximum atomic E-state index is 13.7. The molecule has 31 heavy (non-hydrogen) atoms. The number of aromatic nitrogens is 3. The van der Waals surface area contributed by atoms with Gasteiger partial charge in [0, 0.05) is 49.7 Å². The molecule has 2 aliphatic rings. The monoisotopic (exact) mass is 415 g/mol. The zero-order chi connectivity index (χ0) is 21.4. The van der Waals surface area contributed by atoms with Crippen molar-refractivity contribution in [2.75, 3.05) is 26.2 Å². The summed E-state index contributed by atoms with van der Waals surface area (Å²) in [6.45, 7) is 4.23. The van der Waals surface area contributed by atoms with E-state index in [1.807, 2.05) is 29.2 Å². The summed E-state index contributed by atoms with van der Waals surface area (Å²) >= 11 is 0. The quantitative estimate of drug-likeness (QED) is 0.643. The van der Waals surface area contributed by atoms with Crippen molar-refractivity contribution in [2.24, 2.45) is 5.92 Å². The Kier molecular flexibility index (Phi) is 5.10. The van der Waals surface area contributed by atoms with Gasteiger partial charge >= 0.3 is 0 Å². The van der Waals surface area contributed by atoms with Crippen molar-refractivity contribution in [3.63, 3.8) is 0 Å². The Hall–Kier alpha value is -3.35. The van der Waals surface area contributed by atoms with Gasteiger partial charge in [-0.05, 0) is 36.8 Å². The van der Waals surface area contributed by atoms with E-state index >= 15 is 0 Å². The lowest BCUT2D eigenvalue weighted by Gasteiger charge is -2.35. The summed E-state index contributed by atoms with van der Waals surface area (Å²) in [5.41, 5.74) is 4.21. The van der Waals surface area contributed by atoms with Gasteiger partial charge in [-0.3, -0.25) is 19.6 Å². The van der Waals surface area contributed by atoms with E-state index in [2.05, 4.69) is 16.9 Å². The van der Waals surface area contributed by atoms with Gasteiger partial charge in [0.25, 0.3) is 11.8 Å². The average Bonchev–Trinajstić information content (AvgIpc) is 2.82. The molecule has 7 nitrogen and oxygen atoms in total. The van der Waals surface area contributed by atoms with Gasteiger partial charge in [-0.25, -0.2) is 4.98 Å². The molecule has 3 heterocycles. The molecule has 1 aliphatic carbocycles. The summed E-state index contributed by atoms with van der Waals surface area (Å²) in [6.07, 6.45) is 7.46. The second kappa shape index (κ2) is 8.06. The number of amides is 2. The lowest BCUT2D eigenvalue weighted by atomic mass is 9.83. The number of aryl methyl sites for hydroxylation is 1. The molecule has 1 unspecified atom stereocenters. The first-order valence-corrected chi connectivity index (χ1v) is 10.9. The Balaban J connectivity index is 1.41. The molecule has 1 aliphatic heterocycles. The number of rotatable bonds is 2. The highest BCUT2D eigenvalue weighted by Gasteiger charge is 2.31. The molecule has 158 valence electrons. The lowest BCUT2D eigenvalue weighted by molar-refractivity contribution is 0.0532. The van der Waals surface area contributed by atoms with Crippen molar-refractivity contribution in [2.45, 2.75) is 26.2 Å². The van der Waals surface area contributed by atoms with Crippen LogP contribution in [0.3, 0.4) is 0 Å². The van der Waals surface area contributed by atoms with Gasteiger partial charge < -0.3 is 9.80 Å². The number of benzene rings is 1. The first-order valence-electron chi connectivity index (χ1n) is 10.9. The van der Waals surface area contributed by atoms with E-state index in [4.69, 9.17) is 4.98 Å². The van der Waals surface area contributed by atoms with Crippen LogP contribution in [0.1, 0.15) is 45.4 Å². The number of hydrogen-bond acceptors (Lipinski definition) is 5. The minimum absolute atomic E-state index is 0.0514. The van der Waals surface area contributed by atoms with Crippen molar-refractivity contribution in [1.29, 1.82) is 0 Å². The molecular weight excluding hydrogens is 390 g/mol. The van der Waals surface area contributed by atoms with Gasteiger partial charge in [-0.2, -0.15) is 0 Å². The fourth-order valence-corrected chi connectivity index (χ4v) is 4.65. The molecule has 3 aromatic rings. The summed E-state index contributed by atoms with van der Waals surface area (Å²) in [5, 5.41) is 0.929. The van der Waals surface area contributed by atoms with E-state index in [1.54, 1.807) is 11.1 Å². The van der Waals surface area contributed by atoms with Gasteiger partial charge in [-0.15, -0.1) is 0 Å². The van der Waals surface area contributed by atoms with E-state index in [1.165, 1.54) is 12.4 Å². The van der Waals surface area contributed by atoms with E-state index in [-0.39, 0.29) is 11.8 Å². The SMILES string of the molecule is CC1CCc2nc3ccccc3c(C(=O)N3CCN(C(=O)c4cnccn4)CC3)c2C1. The largest absolute Gasteiger partial charge is 0.335 e. The lowest BCUT2D eigenvalue weighted by Crippen LogP contribution is -2.51. The van der Waals surface area contributed by atoms with E-state index in [0.717, 1.165) is 47.0 Å². The highest BCUT2D eigenvalue weighted by Crippen LogP contribution is 2.32. The summed E-state index contributed by atoms with van der Waals surface area (Å²) in [5.74, 6) is 0.458. The minimum atomic E-state index is -0.138. The Morgan fingerprint density at radius 2 is 1.74 bits per heavy atom. The van der Waals surface area contributed by atoms with Crippen LogP contribution in [0, 0.1) is 5.92 Å². The number of fused-ring (bicyclic) bond motifs is 2. The van der Waals surface area contributed by atoms with Gasteiger partial charge in [0.2, 0.25) is 0 Å². The summed E-state index contributed by atoms with van der Waals surface area (Å²) in [7, 11) is 0. The molecule has 0 spiro atoms. The Bertz CT molecular complexity index is 1140. The third-order valence-electron chi connectivity index (χ3n) is 6.36. The molecular formula is C24H25N5O2. The van der Waals surface area contributed by atoms with Crippen molar-refractivity contribution >= 4 is 22.7 Å². The predicted octanol–water partition coefficient (Wildman–Crippen LogP) is 2.75. The molecule has 1 fully saturated rings. The van der Waals surface area contributed by atoms with Crippen molar-refractivity contribution in [3.05, 3.63) is 65.4 Å². The summed E-state index contributed by atoms with van der Waals surface area (Å²) < 4.78 is 0. The molecule has 0 N–H and O–H groups in total. The Morgan fingerprint density at radius 3 is 2.48 bits per heavy atom. The van der Waals surface area contributed by atoms with Crippen LogP contribution in [-0.2, 0) is 12.8 Å². The van der Waals surface area contributed by atoms with E-state index in [9.17, 15) is 9.59 Å². The normalized spacial score (nSPS) is 18.7. The first-order chi connectivity index (χ1) is 15.1. The molecule has 1 aromatic carbocycles. The number of carbonyl (C=O) groups is 2. The molecule has 0 radical (unpaired) electrons. The molecule has 5 rings (SSSR count). The summed E-state index contributed by atoms with van der Waals surface area (Å²) in [4.78, 5) is 42.9. The van der Waals surface area contributed by atoms with Gasteiger partial charge in [0.05, 0.1) is 17.3 Å². The van der Waals surface area contributed by atoms with E-state index in [0.29, 0.717) is 37.8 Å². The number of pyridine rings is 1. The number of para-hydroxylation sites is 1. The average molecular weight is 415 g/mol. The molecule has 1 saturated heterocycles. The third kappa shape index (κ3) is 3.65. The van der Waals surface area contributed by atoms with Gasteiger partial charge in [-0.1, -0.05) is 25.1 Å². The fourth-order valence-electron chi connectivity index (χ4n) is 4.65. The van der Waals surface area contributed by atoms with Crippen LogP contribution in [0.4, 0.5) is 0 Å². The maximum absolute atomic E-state index is 13.7. The standard InChI is InChI=1S/C24H25N5O2/c1-16-6-7-20-18(14-16)22(17-4-2-3-5-19(17)27-20)24(31)29-12-10-28(11-13-29)23(30)21-15-25-8-9-26-21/h2-5,8-9,15-16H,6-7,10-14H2,1H3. The second-order valence-electron chi connectivity index (χ2n) is 8.45. The van der Waals surface area contributed by atoms with Crippen molar-refractivity contribution in [3.8, 4) is 0 Å². The highest BCUT2D eigenvalue weighted by atomic mass is 16.2. The molecule has 2 aromatic heterocycles. The zero-order valence-electron chi connectivity index (χ0n) is 17.6. The van der Waals surface area contributed by atoms with Crippen LogP contribution < -0.4 is 0 Å². The van der Waals surface area contributed by atoms with Crippen molar-refractivity contribution in [1.82, 2.24) is 24.8 Å².